The molecule has 3 nitrogen and oxygen atoms in total. The molecular formula is C18H23NO2. The summed E-state index contributed by atoms with van der Waals surface area (Å²) in [7, 11) is 3.38. The van der Waals surface area contributed by atoms with Crippen LogP contribution < -0.4 is 15.2 Å². The first-order valence-corrected chi connectivity index (χ1v) is 7.15. The predicted molar refractivity (Wildman–Crippen MR) is 86.2 cm³/mol. The van der Waals surface area contributed by atoms with E-state index in [-0.39, 0.29) is 5.92 Å². The minimum Gasteiger partial charge on any atom is -0.497 e. The molecule has 0 aliphatic carbocycles. The van der Waals surface area contributed by atoms with Gasteiger partial charge in [0.2, 0.25) is 0 Å². The van der Waals surface area contributed by atoms with Crippen LogP contribution in [0.5, 0.6) is 11.5 Å². The van der Waals surface area contributed by atoms with Gasteiger partial charge in [-0.15, -0.1) is 0 Å². The van der Waals surface area contributed by atoms with Crippen LogP contribution in [0.2, 0.25) is 0 Å². The molecule has 0 aliphatic heterocycles. The van der Waals surface area contributed by atoms with E-state index < -0.39 is 0 Å². The molecule has 21 heavy (non-hydrogen) atoms. The molecule has 0 amide bonds. The van der Waals surface area contributed by atoms with Gasteiger partial charge in [-0.3, -0.25) is 0 Å². The summed E-state index contributed by atoms with van der Waals surface area (Å²) in [5.41, 5.74) is 9.64. The van der Waals surface area contributed by atoms with Gasteiger partial charge in [0, 0.05) is 5.92 Å². The third kappa shape index (κ3) is 3.76. The smallest absolute Gasteiger partial charge is 0.122 e. The van der Waals surface area contributed by atoms with Gasteiger partial charge >= 0.3 is 0 Å². The van der Waals surface area contributed by atoms with Gasteiger partial charge in [-0.05, 0) is 49.2 Å². The Morgan fingerprint density at radius 1 is 1.00 bits per heavy atom. The summed E-state index contributed by atoms with van der Waals surface area (Å²) in [6, 6.07) is 14.4. The van der Waals surface area contributed by atoms with E-state index in [2.05, 4.69) is 31.2 Å². The van der Waals surface area contributed by atoms with Crippen molar-refractivity contribution >= 4 is 0 Å². The van der Waals surface area contributed by atoms with Crippen LogP contribution in [0.4, 0.5) is 0 Å². The molecule has 2 aromatic rings. The molecular weight excluding hydrogens is 262 g/mol. The van der Waals surface area contributed by atoms with Crippen LogP contribution in [0, 0.1) is 6.92 Å². The maximum Gasteiger partial charge on any atom is 0.122 e. The van der Waals surface area contributed by atoms with E-state index >= 15 is 0 Å². The number of aryl methyl sites for hydroxylation is 1. The summed E-state index contributed by atoms with van der Waals surface area (Å²) >= 11 is 0. The third-order valence-electron chi connectivity index (χ3n) is 3.77. The first kappa shape index (κ1) is 15.4. The third-order valence-corrected chi connectivity index (χ3v) is 3.77. The first-order chi connectivity index (χ1) is 10.2. The zero-order chi connectivity index (χ0) is 15.2. The summed E-state index contributed by atoms with van der Waals surface area (Å²) in [5, 5.41) is 0. The van der Waals surface area contributed by atoms with E-state index in [1.54, 1.807) is 14.2 Å². The summed E-state index contributed by atoms with van der Waals surface area (Å²) in [5.74, 6) is 2.06. The SMILES string of the molecule is COc1ccc(C(CN)Cc2cc(C)ccc2OC)cc1. The number of nitrogens with two attached hydrogens (primary N) is 1. The van der Waals surface area contributed by atoms with Crippen LogP contribution >= 0.6 is 0 Å². The summed E-state index contributed by atoms with van der Waals surface area (Å²) < 4.78 is 10.7. The average molecular weight is 285 g/mol. The van der Waals surface area contributed by atoms with E-state index in [4.69, 9.17) is 15.2 Å². The van der Waals surface area contributed by atoms with Crippen LogP contribution in [0.25, 0.3) is 0 Å². The van der Waals surface area contributed by atoms with Gasteiger partial charge in [0.15, 0.2) is 0 Å². The Hall–Kier alpha value is -2.00. The molecule has 0 heterocycles. The number of rotatable bonds is 6. The van der Waals surface area contributed by atoms with Crippen LogP contribution in [0.15, 0.2) is 42.5 Å². The largest absolute Gasteiger partial charge is 0.497 e. The van der Waals surface area contributed by atoms with Gasteiger partial charge in [0.1, 0.15) is 11.5 Å². The van der Waals surface area contributed by atoms with E-state index in [9.17, 15) is 0 Å². The number of hydrogen-bond acceptors (Lipinski definition) is 3. The molecule has 1 unspecified atom stereocenters. The molecule has 0 fully saturated rings. The molecule has 0 saturated heterocycles. The van der Waals surface area contributed by atoms with Crippen molar-refractivity contribution in [2.24, 2.45) is 5.73 Å². The monoisotopic (exact) mass is 285 g/mol. The number of methoxy groups -OCH3 is 2. The van der Waals surface area contributed by atoms with E-state index in [0.29, 0.717) is 6.54 Å². The number of ether oxygens (including phenoxy) is 2. The second-order valence-corrected chi connectivity index (χ2v) is 5.23. The fraction of sp³-hybridized carbons (Fsp3) is 0.333. The van der Waals surface area contributed by atoms with Crippen molar-refractivity contribution in [1.29, 1.82) is 0 Å². The molecule has 0 saturated carbocycles. The number of benzene rings is 2. The maximum absolute atomic E-state index is 5.98. The molecule has 1 atom stereocenters. The lowest BCUT2D eigenvalue weighted by molar-refractivity contribution is 0.407. The minimum absolute atomic E-state index is 0.270. The van der Waals surface area contributed by atoms with Gasteiger partial charge < -0.3 is 15.2 Å². The minimum atomic E-state index is 0.270. The van der Waals surface area contributed by atoms with E-state index in [1.807, 2.05) is 18.2 Å². The Balaban J connectivity index is 2.23. The lowest BCUT2D eigenvalue weighted by atomic mass is 9.91. The molecule has 2 rings (SSSR count). The standard InChI is InChI=1S/C18H23NO2/c1-13-4-9-18(21-3)15(10-13)11-16(12-19)14-5-7-17(20-2)8-6-14/h4-10,16H,11-12,19H2,1-3H3. The maximum atomic E-state index is 5.98. The molecule has 2 aromatic carbocycles. The van der Waals surface area contributed by atoms with Crippen molar-refractivity contribution in [3.8, 4) is 11.5 Å². The topological polar surface area (TPSA) is 44.5 Å². The first-order valence-electron chi connectivity index (χ1n) is 7.15. The lowest BCUT2D eigenvalue weighted by Crippen LogP contribution is -2.15. The van der Waals surface area contributed by atoms with Gasteiger partial charge in [0.05, 0.1) is 14.2 Å². The molecule has 0 aromatic heterocycles. The van der Waals surface area contributed by atoms with Crippen LogP contribution in [0.3, 0.4) is 0 Å². The molecule has 0 bridgehead atoms. The van der Waals surface area contributed by atoms with Crippen LogP contribution in [-0.4, -0.2) is 20.8 Å². The van der Waals surface area contributed by atoms with Gasteiger partial charge in [-0.1, -0.05) is 29.8 Å². The van der Waals surface area contributed by atoms with Crippen molar-refractivity contribution in [1.82, 2.24) is 0 Å². The zero-order valence-corrected chi connectivity index (χ0v) is 12.9. The molecule has 0 aliphatic rings. The van der Waals surface area contributed by atoms with Gasteiger partial charge in [-0.25, -0.2) is 0 Å². The van der Waals surface area contributed by atoms with E-state index in [1.165, 1.54) is 16.7 Å². The van der Waals surface area contributed by atoms with Crippen molar-refractivity contribution in [2.45, 2.75) is 19.3 Å². The van der Waals surface area contributed by atoms with Crippen molar-refractivity contribution in [2.75, 3.05) is 20.8 Å². The molecule has 0 spiro atoms. The Labute approximate surface area is 126 Å². The van der Waals surface area contributed by atoms with Gasteiger partial charge in [-0.2, -0.15) is 0 Å². The van der Waals surface area contributed by atoms with Crippen molar-refractivity contribution < 1.29 is 9.47 Å². The average Bonchev–Trinajstić information content (AvgIpc) is 2.53. The molecule has 0 radical (unpaired) electrons. The highest BCUT2D eigenvalue weighted by Gasteiger charge is 2.14. The predicted octanol–water partition coefficient (Wildman–Crippen LogP) is 3.30. The Morgan fingerprint density at radius 2 is 1.71 bits per heavy atom. The molecule has 2 N–H and O–H groups in total. The normalized spacial score (nSPS) is 12.0. The Morgan fingerprint density at radius 3 is 2.29 bits per heavy atom. The van der Waals surface area contributed by atoms with Gasteiger partial charge in [0.25, 0.3) is 0 Å². The highest BCUT2D eigenvalue weighted by molar-refractivity contribution is 5.39. The second-order valence-electron chi connectivity index (χ2n) is 5.23. The van der Waals surface area contributed by atoms with Crippen LogP contribution in [-0.2, 0) is 6.42 Å². The Bertz CT molecular complexity index is 578. The highest BCUT2D eigenvalue weighted by Crippen LogP contribution is 2.28. The van der Waals surface area contributed by atoms with Crippen LogP contribution in [0.1, 0.15) is 22.6 Å². The second kappa shape index (κ2) is 7.14. The Kier molecular flexibility index (Phi) is 5.23. The fourth-order valence-electron chi connectivity index (χ4n) is 2.55. The number of hydrogen-bond donors (Lipinski definition) is 1. The fourth-order valence-corrected chi connectivity index (χ4v) is 2.55. The lowest BCUT2D eigenvalue weighted by Gasteiger charge is -2.18. The summed E-state index contributed by atoms with van der Waals surface area (Å²) in [6.45, 7) is 2.69. The van der Waals surface area contributed by atoms with Crippen molar-refractivity contribution in [3.63, 3.8) is 0 Å². The van der Waals surface area contributed by atoms with E-state index in [0.717, 1.165) is 17.9 Å². The molecule has 3 heteroatoms. The highest BCUT2D eigenvalue weighted by atomic mass is 16.5. The zero-order valence-electron chi connectivity index (χ0n) is 12.9. The summed E-state index contributed by atoms with van der Waals surface area (Å²) in [6.07, 6.45) is 0.869. The summed E-state index contributed by atoms with van der Waals surface area (Å²) in [4.78, 5) is 0. The van der Waals surface area contributed by atoms with Crippen molar-refractivity contribution in [3.05, 3.63) is 59.2 Å². The molecule has 112 valence electrons. The quantitative estimate of drug-likeness (QED) is 0.885.